The second kappa shape index (κ2) is 8.43. The molecule has 1 atom stereocenters. The van der Waals surface area contributed by atoms with Crippen molar-refractivity contribution in [1.29, 1.82) is 0 Å². The number of carbonyl (C=O) groups is 2. The Labute approximate surface area is 140 Å². The molecule has 6 heteroatoms. The minimum Gasteiger partial charge on any atom is -0.354 e. The van der Waals surface area contributed by atoms with Gasteiger partial charge >= 0.3 is 0 Å². The molecule has 2 amide bonds. The van der Waals surface area contributed by atoms with Crippen molar-refractivity contribution in [1.82, 2.24) is 15.6 Å². The van der Waals surface area contributed by atoms with Gasteiger partial charge in [-0.1, -0.05) is 26.0 Å². The van der Waals surface area contributed by atoms with Gasteiger partial charge in [-0.05, 0) is 35.4 Å². The lowest BCUT2D eigenvalue weighted by Gasteiger charge is -2.21. The molecule has 0 fully saturated rings. The van der Waals surface area contributed by atoms with Crippen molar-refractivity contribution in [2.75, 3.05) is 6.54 Å². The molecule has 0 spiro atoms. The van der Waals surface area contributed by atoms with Gasteiger partial charge in [0.15, 0.2) is 0 Å². The van der Waals surface area contributed by atoms with E-state index in [-0.39, 0.29) is 17.7 Å². The van der Waals surface area contributed by atoms with Gasteiger partial charge in [0.05, 0.1) is 4.88 Å². The first-order chi connectivity index (χ1) is 11.1. The van der Waals surface area contributed by atoms with Gasteiger partial charge in [0, 0.05) is 18.9 Å². The third-order valence-corrected chi connectivity index (χ3v) is 4.29. The first-order valence-electron chi connectivity index (χ1n) is 7.59. The average Bonchev–Trinajstić information content (AvgIpc) is 3.07. The van der Waals surface area contributed by atoms with E-state index >= 15 is 0 Å². The van der Waals surface area contributed by atoms with Crippen LogP contribution in [-0.4, -0.2) is 29.4 Å². The van der Waals surface area contributed by atoms with Crippen molar-refractivity contribution in [3.05, 3.63) is 52.5 Å². The van der Waals surface area contributed by atoms with E-state index in [0.717, 1.165) is 5.56 Å². The minimum absolute atomic E-state index is 0.0114. The Balaban J connectivity index is 1.87. The summed E-state index contributed by atoms with van der Waals surface area (Å²) in [7, 11) is 0. The van der Waals surface area contributed by atoms with E-state index in [0.29, 0.717) is 17.8 Å². The van der Waals surface area contributed by atoms with Crippen molar-refractivity contribution in [2.45, 2.75) is 26.3 Å². The zero-order valence-electron chi connectivity index (χ0n) is 13.3. The quantitative estimate of drug-likeness (QED) is 0.817. The number of hydrogen-bond donors (Lipinski definition) is 2. The average molecular weight is 331 g/mol. The van der Waals surface area contributed by atoms with E-state index in [2.05, 4.69) is 15.6 Å². The van der Waals surface area contributed by atoms with Gasteiger partial charge in [-0.2, -0.15) is 0 Å². The van der Waals surface area contributed by atoms with E-state index in [4.69, 9.17) is 0 Å². The number of amides is 2. The van der Waals surface area contributed by atoms with E-state index in [9.17, 15) is 9.59 Å². The molecule has 0 aliphatic rings. The highest BCUT2D eigenvalue weighted by molar-refractivity contribution is 7.12. The lowest BCUT2D eigenvalue weighted by molar-refractivity contribution is -0.123. The Hall–Kier alpha value is -2.21. The van der Waals surface area contributed by atoms with Crippen LogP contribution in [-0.2, 0) is 11.2 Å². The predicted octanol–water partition coefficient (Wildman–Crippen LogP) is 2.26. The molecule has 0 saturated carbocycles. The summed E-state index contributed by atoms with van der Waals surface area (Å²) in [5.74, 6) is -0.354. The zero-order chi connectivity index (χ0) is 16.7. The fourth-order valence-electron chi connectivity index (χ4n) is 2.14. The van der Waals surface area contributed by atoms with Crippen molar-refractivity contribution in [3.8, 4) is 0 Å². The highest BCUT2D eigenvalue weighted by Crippen LogP contribution is 2.10. The van der Waals surface area contributed by atoms with Crippen LogP contribution >= 0.6 is 11.3 Å². The van der Waals surface area contributed by atoms with Crippen LogP contribution < -0.4 is 10.6 Å². The van der Waals surface area contributed by atoms with Gasteiger partial charge in [-0.25, -0.2) is 0 Å². The van der Waals surface area contributed by atoms with Crippen LogP contribution in [0.5, 0.6) is 0 Å². The highest BCUT2D eigenvalue weighted by Gasteiger charge is 2.24. The molecule has 1 unspecified atom stereocenters. The number of pyridine rings is 1. The van der Waals surface area contributed by atoms with Crippen LogP contribution in [0.3, 0.4) is 0 Å². The highest BCUT2D eigenvalue weighted by atomic mass is 32.1. The van der Waals surface area contributed by atoms with Crippen LogP contribution in [0.4, 0.5) is 0 Å². The molecule has 5 nitrogen and oxygen atoms in total. The van der Waals surface area contributed by atoms with Gasteiger partial charge in [-0.15, -0.1) is 11.3 Å². The molecule has 0 aliphatic carbocycles. The zero-order valence-corrected chi connectivity index (χ0v) is 14.1. The molecule has 2 rings (SSSR count). The number of hydrogen-bond acceptors (Lipinski definition) is 4. The Morgan fingerprint density at radius 3 is 2.70 bits per heavy atom. The summed E-state index contributed by atoms with van der Waals surface area (Å²) >= 11 is 1.36. The third kappa shape index (κ3) is 5.17. The molecule has 2 N–H and O–H groups in total. The Morgan fingerprint density at radius 1 is 1.26 bits per heavy atom. The van der Waals surface area contributed by atoms with Crippen molar-refractivity contribution in [2.24, 2.45) is 5.92 Å². The molecule has 2 heterocycles. The number of carbonyl (C=O) groups excluding carboxylic acids is 2. The molecule has 0 bridgehead atoms. The summed E-state index contributed by atoms with van der Waals surface area (Å²) in [6.07, 6.45) is 4.21. The van der Waals surface area contributed by atoms with Gasteiger partial charge in [-0.3, -0.25) is 14.6 Å². The first kappa shape index (κ1) is 17.1. The summed E-state index contributed by atoms with van der Waals surface area (Å²) in [6.45, 7) is 4.35. The molecule has 122 valence electrons. The molecule has 2 aromatic rings. The molecular weight excluding hydrogens is 310 g/mol. The van der Waals surface area contributed by atoms with Gasteiger partial charge < -0.3 is 10.6 Å². The second-order valence-corrected chi connectivity index (χ2v) is 6.52. The van der Waals surface area contributed by atoms with Gasteiger partial charge in [0.25, 0.3) is 5.91 Å². The number of thiophene rings is 1. The number of nitrogens with one attached hydrogen (secondary N) is 2. The summed E-state index contributed by atoms with van der Waals surface area (Å²) in [5.41, 5.74) is 1.07. The molecule has 23 heavy (non-hydrogen) atoms. The number of nitrogens with zero attached hydrogens (tertiary/aromatic N) is 1. The first-order valence-corrected chi connectivity index (χ1v) is 8.47. The molecule has 0 aliphatic heterocycles. The van der Waals surface area contributed by atoms with Crippen LogP contribution in [0, 0.1) is 5.92 Å². The lowest BCUT2D eigenvalue weighted by Crippen LogP contribution is -2.49. The molecule has 0 saturated heterocycles. The van der Waals surface area contributed by atoms with Gasteiger partial charge in [0.2, 0.25) is 5.91 Å². The van der Waals surface area contributed by atoms with Crippen molar-refractivity contribution in [3.63, 3.8) is 0 Å². The topological polar surface area (TPSA) is 71.1 Å². The SMILES string of the molecule is CC(C)C(NC(=O)c1cccs1)C(=O)NCCc1cccnc1. The van der Waals surface area contributed by atoms with E-state index in [1.54, 1.807) is 18.5 Å². The Bertz CT molecular complexity index is 627. The molecular formula is C17H21N3O2S. The molecule has 2 aromatic heterocycles. The smallest absolute Gasteiger partial charge is 0.262 e. The van der Waals surface area contributed by atoms with Gasteiger partial charge in [0.1, 0.15) is 6.04 Å². The standard InChI is InChI=1S/C17H21N3O2S/c1-12(2)15(20-16(21)14-6-4-10-23-14)17(22)19-9-7-13-5-3-8-18-11-13/h3-6,8,10-12,15H,7,9H2,1-2H3,(H,19,22)(H,20,21). The molecule has 0 radical (unpaired) electrons. The van der Waals surface area contributed by atoms with Crippen LogP contribution in [0.15, 0.2) is 42.0 Å². The summed E-state index contributed by atoms with van der Waals surface area (Å²) in [4.78, 5) is 29.1. The predicted molar refractivity (Wildman–Crippen MR) is 91.4 cm³/mol. The van der Waals surface area contributed by atoms with E-state index in [1.165, 1.54) is 11.3 Å². The second-order valence-electron chi connectivity index (χ2n) is 5.57. The number of rotatable bonds is 7. The van der Waals surface area contributed by atoms with Crippen molar-refractivity contribution < 1.29 is 9.59 Å². The normalized spacial score (nSPS) is 12.0. The summed E-state index contributed by atoms with van der Waals surface area (Å²) in [5, 5.41) is 7.54. The maximum absolute atomic E-state index is 12.3. The largest absolute Gasteiger partial charge is 0.354 e. The van der Waals surface area contributed by atoms with E-state index < -0.39 is 6.04 Å². The van der Waals surface area contributed by atoms with Crippen LogP contribution in [0.2, 0.25) is 0 Å². The maximum Gasteiger partial charge on any atom is 0.262 e. The third-order valence-electron chi connectivity index (χ3n) is 3.42. The maximum atomic E-state index is 12.3. The minimum atomic E-state index is -0.543. The lowest BCUT2D eigenvalue weighted by atomic mass is 10.0. The monoisotopic (exact) mass is 331 g/mol. The fourth-order valence-corrected chi connectivity index (χ4v) is 2.77. The van der Waals surface area contributed by atoms with E-state index in [1.807, 2.05) is 37.4 Å². The Kier molecular flexibility index (Phi) is 6.29. The van der Waals surface area contributed by atoms with Crippen LogP contribution in [0.1, 0.15) is 29.1 Å². The Morgan fingerprint density at radius 2 is 2.09 bits per heavy atom. The van der Waals surface area contributed by atoms with Crippen LogP contribution in [0.25, 0.3) is 0 Å². The summed E-state index contributed by atoms with van der Waals surface area (Å²) in [6, 6.07) is 6.86. The number of aromatic nitrogens is 1. The molecule has 0 aromatic carbocycles. The van der Waals surface area contributed by atoms with Crippen molar-refractivity contribution >= 4 is 23.2 Å². The summed E-state index contributed by atoms with van der Waals surface area (Å²) < 4.78 is 0. The fraction of sp³-hybridized carbons (Fsp3) is 0.353.